The number of benzene rings is 3. The van der Waals surface area contributed by atoms with E-state index in [2.05, 4.69) is 36.4 Å². The van der Waals surface area contributed by atoms with E-state index in [-0.39, 0.29) is 0 Å². The summed E-state index contributed by atoms with van der Waals surface area (Å²) in [6, 6.07) is 24.6. The molecule has 0 saturated heterocycles. The van der Waals surface area contributed by atoms with Crippen LogP contribution < -0.4 is 0 Å². The lowest BCUT2D eigenvalue weighted by Crippen LogP contribution is -1.74. The van der Waals surface area contributed by atoms with Gasteiger partial charge in [-0.1, -0.05) is 24.3 Å². The van der Waals surface area contributed by atoms with E-state index in [1.807, 2.05) is 36.4 Å². The van der Waals surface area contributed by atoms with Crippen LogP contribution in [-0.4, -0.2) is 0 Å². The Labute approximate surface area is 146 Å². The van der Waals surface area contributed by atoms with Gasteiger partial charge in [-0.25, -0.2) is 0 Å². The number of fused-ring (bicyclic) bond motifs is 2. The lowest BCUT2D eigenvalue weighted by atomic mass is 10.2. The molecule has 2 heterocycles. The zero-order valence-electron chi connectivity index (χ0n) is 12.6. The van der Waals surface area contributed by atoms with Gasteiger partial charge in [-0.3, -0.25) is 0 Å². The van der Waals surface area contributed by atoms with Crippen LogP contribution in [0, 0.1) is 0 Å². The summed E-state index contributed by atoms with van der Waals surface area (Å²) in [7, 11) is 0. The molecule has 0 atom stereocenters. The van der Waals surface area contributed by atoms with Gasteiger partial charge in [0.1, 0.15) is 9.40 Å². The highest BCUT2D eigenvalue weighted by molar-refractivity contribution is 7.21. The third-order valence-electron chi connectivity index (χ3n) is 3.87. The van der Waals surface area contributed by atoms with Gasteiger partial charge < -0.3 is 0 Å². The minimum atomic E-state index is 0.927. The summed E-state index contributed by atoms with van der Waals surface area (Å²) in [6.45, 7) is 0. The van der Waals surface area contributed by atoms with Crippen LogP contribution in [0.4, 0.5) is 0 Å². The Hall–Kier alpha value is -2.56. The monoisotopic (exact) mass is 348 g/mol. The van der Waals surface area contributed by atoms with Crippen molar-refractivity contribution in [3.8, 4) is 21.3 Å². The molecule has 0 aliphatic heterocycles. The van der Waals surface area contributed by atoms with Crippen LogP contribution in [0.1, 0.15) is 0 Å². The van der Waals surface area contributed by atoms with Gasteiger partial charge in [0, 0.05) is 12.1 Å². The van der Waals surface area contributed by atoms with Crippen molar-refractivity contribution < 1.29 is 8.83 Å². The fourth-order valence-corrected chi connectivity index (χ4v) is 4.54. The van der Waals surface area contributed by atoms with Crippen LogP contribution in [0.5, 0.6) is 0 Å². The van der Waals surface area contributed by atoms with E-state index in [4.69, 9.17) is 8.83 Å². The number of hydrogen-bond donors (Lipinski definition) is 0. The first kappa shape index (κ1) is 13.8. The Morgan fingerprint density at radius 1 is 0.500 bits per heavy atom. The molecule has 2 nitrogen and oxygen atoms in total. The van der Waals surface area contributed by atoms with Crippen LogP contribution >= 0.6 is 22.7 Å². The average Bonchev–Trinajstić information content (AvgIpc) is 3.25. The molecule has 0 bridgehead atoms. The smallest absolute Gasteiger partial charge is 0.194 e. The van der Waals surface area contributed by atoms with Crippen molar-refractivity contribution in [2.75, 3.05) is 0 Å². The topological polar surface area (TPSA) is 22.6 Å². The molecule has 24 heavy (non-hydrogen) atoms. The molecule has 2 aromatic heterocycles. The largest absolute Gasteiger partial charge is 0.418 e. The molecule has 5 aromatic rings. The van der Waals surface area contributed by atoms with Crippen molar-refractivity contribution in [3.63, 3.8) is 0 Å². The maximum atomic E-state index is 5.95. The Kier molecular flexibility index (Phi) is 3.18. The van der Waals surface area contributed by atoms with Gasteiger partial charge in [0.2, 0.25) is 0 Å². The predicted octanol–water partition coefficient (Wildman–Crippen LogP) is 7.20. The zero-order chi connectivity index (χ0) is 15.9. The van der Waals surface area contributed by atoms with Gasteiger partial charge >= 0.3 is 21.3 Å². The second-order valence-corrected chi connectivity index (χ2v) is 7.48. The molecule has 0 N–H and O–H groups in total. The van der Waals surface area contributed by atoms with Gasteiger partial charge in [0.25, 0.3) is 0 Å². The second kappa shape index (κ2) is 5.51. The first-order chi connectivity index (χ1) is 11.9. The molecule has 0 saturated carbocycles. The maximum absolute atomic E-state index is 5.95. The summed E-state index contributed by atoms with van der Waals surface area (Å²) >= 11 is 3.34. The first-order valence-corrected chi connectivity index (χ1v) is 9.24. The summed E-state index contributed by atoms with van der Waals surface area (Å²) in [5, 5.41) is 1.85. The van der Waals surface area contributed by atoms with Crippen molar-refractivity contribution >= 4 is 43.2 Å². The zero-order valence-corrected chi connectivity index (χ0v) is 14.2. The predicted molar refractivity (Wildman–Crippen MR) is 101 cm³/mol. The highest BCUT2D eigenvalue weighted by Gasteiger charge is 2.22. The number of para-hydroxylation sites is 2. The van der Waals surface area contributed by atoms with E-state index in [0.29, 0.717) is 0 Å². The van der Waals surface area contributed by atoms with Gasteiger partial charge in [-0.15, -0.1) is 0 Å². The van der Waals surface area contributed by atoms with Gasteiger partial charge in [-0.2, -0.15) is 8.83 Å². The SMILES string of the molecule is c1ccc2sc(-c3ccc(-c4[o+]c5ccccc5s4)cc3)[o+]c2c1. The van der Waals surface area contributed by atoms with E-state index >= 15 is 0 Å². The van der Waals surface area contributed by atoms with Crippen LogP contribution in [0.25, 0.3) is 41.8 Å². The first-order valence-electron chi connectivity index (χ1n) is 7.61. The highest BCUT2D eigenvalue weighted by atomic mass is 32.1. The number of hydrogen-bond acceptors (Lipinski definition) is 2. The van der Waals surface area contributed by atoms with Crippen LogP contribution in [-0.2, 0) is 0 Å². The third kappa shape index (κ3) is 2.31. The lowest BCUT2D eigenvalue weighted by Gasteiger charge is -1.89. The van der Waals surface area contributed by atoms with Gasteiger partial charge in [0.15, 0.2) is 0 Å². The van der Waals surface area contributed by atoms with E-state index in [1.54, 1.807) is 22.7 Å². The summed E-state index contributed by atoms with van der Waals surface area (Å²) < 4.78 is 14.2. The normalized spacial score (nSPS) is 11.3. The summed E-state index contributed by atoms with van der Waals surface area (Å²) in [5.41, 5.74) is 4.03. The molecule has 0 radical (unpaired) electrons. The molecule has 4 heteroatoms. The quantitative estimate of drug-likeness (QED) is 0.315. The van der Waals surface area contributed by atoms with Crippen LogP contribution in [0.3, 0.4) is 0 Å². The van der Waals surface area contributed by atoms with Crippen molar-refractivity contribution in [2.45, 2.75) is 0 Å². The fraction of sp³-hybridized carbons (Fsp3) is 0. The molecule has 0 aliphatic rings. The second-order valence-electron chi connectivity index (χ2n) is 5.45. The Morgan fingerprint density at radius 3 is 1.33 bits per heavy atom. The molecule has 0 unspecified atom stereocenters. The van der Waals surface area contributed by atoms with E-state index in [9.17, 15) is 0 Å². The van der Waals surface area contributed by atoms with E-state index < -0.39 is 0 Å². The van der Waals surface area contributed by atoms with Crippen LogP contribution in [0.15, 0.2) is 81.6 Å². The highest BCUT2D eigenvalue weighted by Crippen LogP contribution is 2.36. The van der Waals surface area contributed by atoms with E-state index in [1.165, 1.54) is 0 Å². The molecule has 114 valence electrons. The summed E-state index contributed by atoms with van der Waals surface area (Å²) in [5.74, 6) is 0. The van der Waals surface area contributed by atoms with Crippen molar-refractivity contribution in [1.29, 1.82) is 0 Å². The Morgan fingerprint density at radius 2 is 0.917 bits per heavy atom. The minimum Gasteiger partial charge on any atom is -0.194 e. The van der Waals surface area contributed by atoms with Gasteiger partial charge in [-0.05, 0) is 59.1 Å². The minimum absolute atomic E-state index is 0.927. The standard InChI is InChI=1S/C20H12O2S2/c1-3-7-17-15(5-1)21-19(23-17)13-9-11-14(12-10-13)20-22-16-6-2-4-8-18(16)24-20/h1-12H/q+2. The molecule has 0 aliphatic carbocycles. The molecular formula is C20H12O2S2+2. The molecule has 0 amide bonds. The van der Waals surface area contributed by atoms with Crippen molar-refractivity contribution in [2.24, 2.45) is 0 Å². The Bertz CT molecular complexity index is 994. The molecule has 3 aromatic carbocycles. The lowest BCUT2D eigenvalue weighted by molar-refractivity contribution is 0.637. The van der Waals surface area contributed by atoms with Crippen molar-refractivity contribution in [3.05, 3.63) is 72.8 Å². The summed E-state index contributed by atoms with van der Waals surface area (Å²) in [6.07, 6.45) is 0. The van der Waals surface area contributed by atoms with E-state index in [0.717, 1.165) is 41.8 Å². The number of rotatable bonds is 2. The Balaban J connectivity index is 1.54. The summed E-state index contributed by atoms with van der Waals surface area (Å²) in [4.78, 5) is 0. The molecule has 5 rings (SSSR count). The molecule has 0 fully saturated rings. The maximum Gasteiger partial charge on any atom is 0.418 e. The van der Waals surface area contributed by atoms with Crippen LogP contribution in [0.2, 0.25) is 0 Å². The van der Waals surface area contributed by atoms with Gasteiger partial charge in [0.05, 0.1) is 11.1 Å². The third-order valence-corrected chi connectivity index (χ3v) is 5.99. The molecule has 0 spiro atoms. The molecular weight excluding hydrogens is 336 g/mol. The fourth-order valence-electron chi connectivity index (χ4n) is 2.66. The average molecular weight is 348 g/mol. The van der Waals surface area contributed by atoms with Crippen molar-refractivity contribution in [1.82, 2.24) is 0 Å².